The summed E-state index contributed by atoms with van der Waals surface area (Å²) in [4.78, 5) is 14.6. The first-order valence-electron chi connectivity index (χ1n) is 9.99. The van der Waals surface area contributed by atoms with E-state index in [0.717, 1.165) is 38.8 Å². The number of nitrogens with zero attached hydrogens (tertiary/aromatic N) is 1. The van der Waals surface area contributed by atoms with E-state index >= 15 is 0 Å². The lowest BCUT2D eigenvalue weighted by Crippen LogP contribution is -2.43. The van der Waals surface area contributed by atoms with Crippen molar-refractivity contribution >= 4 is 6.09 Å². The van der Waals surface area contributed by atoms with E-state index in [1.807, 2.05) is 18.7 Å². The highest BCUT2D eigenvalue weighted by Gasteiger charge is 2.32. The Morgan fingerprint density at radius 3 is 2.48 bits per heavy atom. The van der Waals surface area contributed by atoms with Gasteiger partial charge in [0, 0.05) is 13.1 Å². The van der Waals surface area contributed by atoms with Gasteiger partial charge >= 0.3 is 6.09 Å². The molecule has 3 heteroatoms. The maximum atomic E-state index is 12.7. The van der Waals surface area contributed by atoms with Crippen molar-refractivity contribution in [1.29, 1.82) is 0 Å². The standard InChI is InChI=1S/C22H39NO2/c1-8-16-23(20(24)25-22(6,7)10-3)17-19-13-11-12-18(9-2)14-15-21(19,4)5/h11-12,14-15,18-19H,8-10,13,16-17H2,1-7H3/b12-11-,15-14+/t18?,19-/m1/s1. The van der Waals surface area contributed by atoms with Crippen LogP contribution in [-0.2, 0) is 4.74 Å². The topological polar surface area (TPSA) is 29.5 Å². The molecule has 0 spiro atoms. The van der Waals surface area contributed by atoms with Crippen LogP contribution in [0.25, 0.3) is 0 Å². The predicted octanol–water partition coefficient (Wildman–Crippen LogP) is 6.21. The summed E-state index contributed by atoms with van der Waals surface area (Å²) in [6, 6.07) is 0. The molecule has 0 radical (unpaired) electrons. The molecule has 25 heavy (non-hydrogen) atoms. The molecule has 1 unspecified atom stereocenters. The van der Waals surface area contributed by atoms with Gasteiger partial charge in [0.25, 0.3) is 0 Å². The SMILES string of the molecule is CCCN(C[C@H]1C/C=C\C(CC)/C=C/C1(C)C)C(=O)OC(C)(C)CC. The van der Waals surface area contributed by atoms with E-state index < -0.39 is 5.60 Å². The molecule has 1 aliphatic carbocycles. The second kappa shape index (κ2) is 9.45. The fourth-order valence-electron chi connectivity index (χ4n) is 3.04. The van der Waals surface area contributed by atoms with Gasteiger partial charge in [-0.15, -0.1) is 0 Å². The van der Waals surface area contributed by atoms with Crippen molar-refractivity contribution in [2.75, 3.05) is 13.1 Å². The van der Waals surface area contributed by atoms with Crippen LogP contribution in [0.2, 0.25) is 0 Å². The number of rotatable bonds is 7. The summed E-state index contributed by atoms with van der Waals surface area (Å²) in [5.41, 5.74) is -0.349. The van der Waals surface area contributed by atoms with E-state index in [0.29, 0.717) is 11.8 Å². The number of carbonyl (C=O) groups is 1. The van der Waals surface area contributed by atoms with Gasteiger partial charge in [0.05, 0.1) is 0 Å². The summed E-state index contributed by atoms with van der Waals surface area (Å²) in [6.07, 6.45) is 13.0. The van der Waals surface area contributed by atoms with E-state index in [1.54, 1.807) is 0 Å². The van der Waals surface area contributed by atoms with Crippen molar-refractivity contribution in [2.45, 2.75) is 79.8 Å². The number of hydrogen-bond donors (Lipinski definition) is 0. The summed E-state index contributed by atoms with van der Waals surface area (Å²) < 4.78 is 5.75. The molecular weight excluding hydrogens is 310 g/mol. The molecule has 0 bridgehead atoms. The van der Waals surface area contributed by atoms with Crippen LogP contribution < -0.4 is 0 Å². The molecule has 0 aromatic rings. The third kappa shape index (κ3) is 6.87. The largest absolute Gasteiger partial charge is 0.443 e. The molecule has 0 N–H and O–H groups in total. The van der Waals surface area contributed by atoms with Crippen LogP contribution >= 0.6 is 0 Å². The summed E-state index contributed by atoms with van der Waals surface area (Å²) in [7, 11) is 0. The van der Waals surface area contributed by atoms with Gasteiger partial charge in [0.15, 0.2) is 0 Å². The molecule has 2 atom stereocenters. The summed E-state index contributed by atoms with van der Waals surface area (Å²) in [5, 5.41) is 0. The monoisotopic (exact) mass is 349 g/mol. The van der Waals surface area contributed by atoms with Gasteiger partial charge in [-0.25, -0.2) is 4.79 Å². The summed E-state index contributed by atoms with van der Waals surface area (Å²) >= 11 is 0. The van der Waals surface area contributed by atoms with Crippen LogP contribution in [0.4, 0.5) is 4.79 Å². The predicted molar refractivity (Wildman–Crippen MR) is 107 cm³/mol. The quantitative estimate of drug-likeness (QED) is 0.511. The molecule has 1 amide bonds. The Balaban J connectivity index is 2.89. The molecule has 1 rings (SSSR count). The molecule has 0 aliphatic heterocycles. The lowest BCUT2D eigenvalue weighted by atomic mass is 9.74. The number of allylic oxidation sites excluding steroid dienone is 4. The van der Waals surface area contributed by atoms with Crippen molar-refractivity contribution in [3.63, 3.8) is 0 Å². The molecule has 0 saturated heterocycles. The first-order chi connectivity index (χ1) is 11.6. The van der Waals surface area contributed by atoms with Crippen LogP contribution in [0.3, 0.4) is 0 Å². The highest BCUT2D eigenvalue weighted by atomic mass is 16.6. The molecule has 0 saturated carbocycles. The molecular formula is C22H39NO2. The minimum Gasteiger partial charge on any atom is -0.443 e. The number of ether oxygens (including phenoxy) is 1. The average Bonchev–Trinajstić information content (AvgIpc) is 2.54. The van der Waals surface area contributed by atoms with Crippen LogP contribution in [0.5, 0.6) is 0 Å². The van der Waals surface area contributed by atoms with Crippen molar-refractivity contribution < 1.29 is 9.53 Å². The van der Waals surface area contributed by atoms with Gasteiger partial charge in [0.2, 0.25) is 0 Å². The lowest BCUT2D eigenvalue weighted by molar-refractivity contribution is 0.00619. The number of carbonyl (C=O) groups excluding carboxylic acids is 1. The molecule has 0 heterocycles. The van der Waals surface area contributed by atoms with Crippen LogP contribution in [0, 0.1) is 17.3 Å². The molecule has 0 fully saturated rings. The van der Waals surface area contributed by atoms with Gasteiger partial charge in [-0.1, -0.05) is 58.9 Å². The van der Waals surface area contributed by atoms with Crippen molar-refractivity contribution in [3.05, 3.63) is 24.3 Å². The normalized spacial score (nSPS) is 25.6. The number of hydrogen-bond acceptors (Lipinski definition) is 2. The van der Waals surface area contributed by atoms with Crippen LogP contribution in [0.1, 0.15) is 74.1 Å². The maximum Gasteiger partial charge on any atom is 0.410 e. The van der Waals surface area contributed by atoms with E-state index in [4.69, 9.17) is 4.74 Å². The van der Waals surface area contributed by atoms with Gasteiger partial charge in [-0.2, -0.15) is 0 Å². The molecule has 1 aliphatic rings. The zero-order chi connectivity index (χ0) is 19.1. The van der Waals surface area contributed by atoms with E-state index in [1.165, 1.54) is 0 Å². The fourth-order valence-corrected chi connectivity index (χ4v) is 3.04. The minimum absolute atomic E-state index is 0.0602. The molecule has 0 aromatic heterocycles. The molecule has 144 valence electrons. The Hall–Kier alpha value is -1.25. The van der Waals surface area contributed by atoms with Crippen molar-refractivity contribution in [2.24, 2.45) is 17.3 Å². The summed E-state index contributed by atoms with van der Waals surface area (Å²) in [5.74, 6) is 0.920. The fraction of sp³-hybridized carbons (Fsp3) is 0.773. The first kappa shape index (κ1) is 21.8. The van der Waals surface area contributed by atoms with E-state index in [2.05, 4.69) is 58.9 Å². The van der Waals surface area contributed by atoms with Crippen LogP contribution in [-0.4, -0.2) is 29.7 Å². The Labute approximate surface area is 155 Å². The average molecular weight is 350 g/mol. The van der Waals surface area contributed by atoms with Crippen molar-refractivity contribution in [3.8, 4) is 0 Å². The Morgan fingerprint density at radius 1 is 1.24 bits per heavy atom. The Morgan fingerprint density at radius 2 is 1.92 bits per heavy atom. The Bertz CT molecular complexity index is 476. The highest BCUT2D eigenvalue weighted by Crippen LogP contribution is 2.35. The zero-order valence-corrected chi connectivity index (χ0v) is 17.5. The molecule has 0 aromatic carbocycles. The summed E-state index contributed by atoms with van der Waals surface area (Å²) in [6.45, 7) is 16.4. The zero-order valence-electron chi connectivity index (χ0n) is 17.5. The van der Waals surface area contributed by atoms with E-state index in [-0.39, 0.29) is 11.5 Å². The van der Waals surface area contributed by atoms with Crippen LogP contribution in [0.15, 0.2) is 24.3 Å². The second-order valence-electron chi connectivity index (χ2n) is 8.54. The van der Waals surface area contributed by atoms with Gasteiger partial charge in [-0.05, 0) is 56.8 Å². The Kier molecular flexibility index (Phi) is 8.24. The minimum atomic E-state index is -0.409. The first-order valence-corrected chi connectivity index (χ1v) is 9.99. The lowest BCUT2D eigenvalue weighted by Gasteiger charge is -2.37. The third-order valence-corrected chi connectivity index (χ3v) is 5.51. The molecule has 3 nitrogen and oxygen atoms in total. The van der Waals surface area contributed by atoms with Gasteiger partial charge < -0.3 is 9.64 Å². The maximum absolute atomic E-state index is 12.7. The van der Waals surface area contributed by atoms with Gasteiger partial charge in [-0.3, -0.25) is 0 Å². The highest BCUT2D eigenvalue weighted by molar-refractivity contribution is 5.68. The second-order valence-corrected chi connectivity index (χ2v) is 8.54. The third-order valence-electron chi connectivity index (χ3n) is 5.51. The number of amides is 1. The van der Waals surface area contributed by atoms with Crippen molar-refractivity contribution in [1.82, 2.24) is 4.90 Å². The van der Waals surface area contributed by atoms with Gasteiger partial charge in [0.1, 0.15) is 5.60 Å². The smallest absolute Gasteiger partial charge is 0.410 e. The van der Waals surface area contributed by atoms with E-state index in [9.17, 15) is 4.79 Å².